The molecule has 3 N–H and O–H groups in total. The van der Waals surface area contributed by atoms with Gasteiger partial charge in [-0.05, 0) is 40.2 Å². The van der Waals surface area contributed by atoms with E-state index in [9.17, 15) is 9.59 Å². The monoisotopic (exact) mass is 338 g/mol. The number of para-hydroxylation sites is 1. The molecule has 1 aromatic heterocycles. The zero-order valence-electron chi connectivity index (χ0n) is 9.85. The molecule has 6 heteroatoms. The second-order valence-electron chi connectivity index (χ2n) is 3.84. The molecule has 1 aromatic carbocycles. The quantitative estimate of drug-likeness (QED) is 0.899. The topological polar surface area (TPSA) is 72.2 Å². The lowest BCUT2D eigenvalue weighted by Crippen LogP contribution is -2.19. The van der Waals surface area contributed by atoms with E-state index in [-0.39, 0.29) is 12.3 Å². The maximum atomic E-state index is 11.9. The summed E-state index contributed by atoms with van der Waals surface area (Å²) in [7, 11) is 0. The fourth-order valence-electron chi connectivity index (χ4n) is 1.61. The highest BCUT2D eigenvalue weighted by Gasteiger charge is 2.11. The van der Waals surface area contributed by atoms with Crippen LogP contribution in [0, 0.1) is 0 Å². The number of anilines is 1. The standard InChI is InChI=1S/C13H11BrN2O2S/c14-11-6-5-8(19-11)7-12(17)16-10-4-2-1-3-9(10)13(15)18/h1-6H,7H2,(H2,15,18)(H,16,17). The number of primary amides is 1. The summed E-state index contributed by atoms with van der Waals surface area (Å²) in [6.45, 7) is 0. The highest BCUT2D eigenvalue weighted by Crippen LogP contribution is 2.23. The molecule has 0 spiro atoms. The van der Waals surface area contributed by atoms with Crippen molar-refractivity contribution in [2.45, 2.75) is 6.42 Å². The van der Waals surface area contributed by atoms with Crippen molar-refractivity contribution in [2.75, 3.05) is 5.32 Å². The van der Waals surface area contributed by atoms with Gasteiger partial charge in [-0.3, -0.25) is 9.59 Å². The van der Waals surface area contributed by atoms with Gasteiger partial charge in [0, 0.05) is 4.88 Å². The number of rotatable bonds is 4. The minimum Gasteiger partial charge on any atom is -0.366 e. The molecule has 0 fully saturated rings. The van der Waals surface area contributed by atoms with Gasteiger partial charge in [0.15, 0.2) is 0 Å². The molecule has 0 saturated heterocycles. The van der Waals surface area contributed by atoms with E-state index in [0.29, 0.717) is 11.3 Å². The summed E-state index contributed by atoms with van der Waals surface area (Å²) in [5.74, 6) is -0.738. The average molecular weight is 339 g/mol. The third-order valence-electron chi connectivity index (χ3n) is 2.43. The second-order valence-corrected chi connectivity index (χ2v) is 6.39. The second kappa shape index (κ2) is 5.99. The van der Waals surface area contributed by atoms with E-state index < -0.39 is 5.91 Å². The normalized spacial score (nSPS) is 10.2. The molecule has 98 valence electrons. The molecule has 1 heterocycles. The molecule has 0 bridgehead atoms. The van der Waals surface area contributed by atoms with Crippen LogP contribution in [0.1, 0.15) is 15.2 Å². The Hall–Kier alpha value is -1.66. The van der Waals surface area contributed by atoms with Crippen molar-refractivity contribution in [1.29, 1.82) is 0 Å². The highest BCUT2D eigenvalue weighted by molar-refractivity contribution is 9.11. The Bertz CT molecular complexity index is 625. The summed E-state index contributed by atoms with van der Waals surface area (Å²) < 4.78 is 0.979. The number of halogens is 1. The molecule has 0 radical (unpaired) electrons. The molecule has 4 nitrogen and oxygen atoms in total. The molecule has 0 aliphatic heterocycles. The zero-order chi connectivity index (χ0) is 13.8. The van der Waals surface area contributed by atoms with E-state index in [1.54, 1.807) is 24.3 Å². The lowest BCUT2D eigenvalue weighted by atomic mass is 10.1. The lowest BCUT2D eigenvalue weighted by molar-refractivity contribution is -0.115. The molecule has 2 amide bonds. The number of nitrogens with one attached hydrogen (secondary N) is 1. The molecule has 0 unspecified atom stereocenters. The number of nitrogens with two attached hydrogens (primary N) is 1. The van der Waals surface area contributed by atoms with Gasteiger partial charge >= 0.3 is 0 Å². The number of benzene rings is 1. The number of hydrogen-bond acceptors (Lipinski definition) is 3. The van der Waals surface area contributed by atoms with E-state index in [0.717, 1.165) is 8.66 Å². The first-order valence-corrected chi connectivity index (χ1v) is 7.10. The number of thiophene rings is 1. The van der Waals surface area contributed by atoms with Crippen LogP contribution in [0.25, 0.3) is 0 Å². The molecule has 2 rings (SSSR count). The summed E-state index contributed by atoms with van der Waals surface area (Å²) >= 11 is 4.85. The smallest absolute Gasteiger partial charge is 0.250 e. The Morgan fingerprint density at radius 3 is 2.58 bits per heavy atom. The number of amides is 2. The van der Waals surface area contributed by atoms with E-state index in [1.165, 1.54) is 11.3 Å². The number of carbonyl (C=O) groups is 2. The van der Waals surface area contributed by atoms with Crippen molar-refractivity contribution in [2.24, 2.45) is 5.73 Å². The lowest BCUT2D eigenvalue weighted by Gasteiger charge is -2.07. The third kappa shape index (κ3) is 3.65. The van der Waals surface area contributed by atoms with Gasteiger partial charge in [-0.15, -0.1) is 11.3 Å². The predicted octanol–water partition coefficient (Wildman–Crippen LogP) is 2.79. The molecule has 2 aromatic rings. The van der Waals surface area contributed by atoms with Crippen molar-refractivity contribution in [3.8, 4) is 0 Å². The first-order valence-electron chi connectivity index (χ1n) is 5.49. The predicted molar refractivity (Wildman–Crippen MR) is 79.3 cm³/mol. The van der Waals surface area contributed by atoms with E-state index >= 15 is 0 Å². The highest BCUT2D eigenvalue weighted by atomic mass is 79.9. The Morgan fingerprint density at radius 1 is 1.21 bits per heavy atom. The molecule has 0 aliphatic rings. The molecule has 0 aliphatic carbocycles. The van der Waals surface area contributed by atoms with Gasteiger partial charge in [0.1, 0.15) is 0 Å². The Labute approximate surface area is 122 Å². The van der Waals surface area contributed by atoms with Crippen molar-refractivity contribution in [3.63, 3.8) is 0 Å². The van der Waals surface area contributed by atoms with Crippen molar-refractivity contribution in [3.05, 3.63) is 50.6 Å². The van der Waals surface area contributed by atoms with Crippen LogP contribution in [0.15, 0.2) is 40.2 Å². The number of hydrogen-bond donors (Lipinski definition) is 2. The first kappa shape index (κ1) is 13.8. The first-order chi connectivity index (χ1) is 9.06. The SMILES string of the molecule is NC(=O)c1ccccc1NC(=O)Cc1ccc(Br)s1. The van der Waals surface area contributed by atoms with Crippen molar-refractivity contribution >= 4 is 44.8 Å². The third-order valence-corrected chi connectivity index (χ3v) is 4.05. The van der Waals surface area contributed by atoms with Crippen LogP contribution in [0.2, 0.25) is 0 Å². The molecular weight excluding hydrogens is 328 g/mol. The van der Waals surface area contributed by atoms with E-state index in [4.69, 9.17) is 5.73 Å². The van der Waals surface area contributed by atoms with Gasteiger partial charge in [-0.1, -0.05) is 12.1 Å². The van der Waals surface area contributed by atoms with Crippen LogP contribution in [-0.2, 0) is 11.2 Å². The Balaban J connectivity index is 2.09. The largest absolute Gasteiger partial charge is 0.366 e. The van der Waals surface area contributed by atoms with Crippen LogP contribution in [0.3, 0.4) is 0 Å². The Morgan fingerprint density at radius 2 is 1.95 bits per heavy atom. The number of carbonyl (C=O) groups excluding carboxylic acids is 2. The molecule has 0 saturated carbocycles. The summed E-state index contributed by atoms with van der Waals surface area (Å²) in [6, 6.07) is 10.5. The zero-order valence-corrected chi connectivity index (χ0v) is 12.3. The maximum absolute atomic E-state index is 11.9. The minimum atomic E-state index is -0.560. The summed E-state index contributed by atoms with van der Waals surface area (Å²) in [5, 5.41) is 2.70. The van der Waals surface area contributed by atoms with Crippen LogP contribution in [0.5, 0.6) is 0 Å². The van der Waals surface area contributed by atoms with Gasteiger partial charge in [0.05, 0.1) is 21.5 Å². The van der Waals surface area contributed by atoms with Crippen molar-refractivity contribution in [1.82, 2.24) is 0 Å². The molecular formula is C13H11BrN2O2S. The van der Waals surface area contributed by atoms with Gasteiger partial charge < -0.3 is 11.1 Å². The fraction of sp³-hybridized carbons (Fsp3) is 0.0769. The van der Waals surface area contributed by atoms with Gasteiger partial charge in [-0.25, -0.2) is 0 Å². The van der Waals surface area contributed by atoms with Crippen LogP contribution < -0.4 is 11.1 Å². The summed E-state index contributed by atoms with van der Waals surface area (Å²) in [6.07, 6.45) is 0.267. The Kier molecular flexibility index (Phi) is 4.34. The average Bonchev–Trinajstić information content (AvgIpc) is 2.75. The molecule has 0 atom stereocenters. The molecule has 19 heavy (non-hydrogen) atoms. The van der Waals surface area contributed by atoms with Crippen molar-refractivity contribution < 1.29 is 9.59 Å². The fourth-order valence-corrected chi connectivity index (χ4v) is 3.09. The van der Waals surface area contributed by atoms with E-state index in [1.807, 2.05) is 12.1 Å². The van der Waals surface area contributed by atoms with Gasteiger partial charge in [-0.2, -0.15) is 0 Å². The van der Waals surface area contributed by atoms with Crippen LogP contribution in [0.4, 0.5) is 5.69 Å². The minimum absolute atomic E-state index is 0.178. The van der Waals surface area contributed by atoms with E-state index in [2.05, 4.69) is 21.2 Å². The summed E-state index contributed by atoms with van der Waals surface area (Å²) in [5.41, 5.74) is 6.00. The maximum Gasteiger partial charge on any atom is 0.250 e. The van der Waals surface area contributed by atoms with Gasteiger partial charge in [0.2, 0.25) is 5.91 Å². The summed E-state index contributed by atoms with van der Waals surface area (Å²) in [4.78, 5) is 24.1. The van der Waals surface area contributed by atoms with Crippen LogP contribution in [-0.4, -0.2) is 11.8 Å². The van der Waals surface area contributed by atoms with Gasteiger partial charge in [0.25, 0.3) is 5.91 Å². The van der Waals surface area contributed by atoms with Crippen LogP contribution >= 0.6 is 27.3 Å².